The molecule has 0 aliphatic heterocycles. The topological polar surface area (TPSA) is 72.5 Å². The molecule has 0 fully saturated rings. The van der Waals surface area contributed by atoms with Crippen molar-refractivity contribution < 1.29 is 14.6 Å². The molecular weight excluding hydrogens is 206 g/mol. The van der Waals surface area contributed by atoms with Crippen molar-refractivity contribution in [2.24, 2.45) is 0 Å². The Morgan fingerprint density at radius 1 is 1.50 bits per heavy atom. The molecule has 1 rings (SSSR count). The van der Waals surface area contributed by atoms with E-state index in [0.29, 0.717) is 5.75 Å². The van der Waals surface area contributed by atoms with Crippen LogP contribution < -0.4 is 10.5 Å². The Kier molecular flexibility index (Phi) is 3.42. The standard InChI is InChI=1S/C12H17NO3/c1-4-12(2,3)16-8-5-6-9(11(14)15)10(13)7-8/h5-7H,4,13H2,1-3H3,(H,14,15). The van der Waals surface area contributed by atoms with Crippen LogP contribution in [0, 0.1) is 0 Å². The molecule has 0 bridgehead atoms. The van der Waals surface area contributed by atoms with Crippen molar-refractivity contribution in [2.75, 3.05) is 5.73 Å². The number of benzene rings is 1. The van der Waals surface area contributed by atoms with Crippen LogP contribution >= 0.6 is 0 Å². The van der Waals surface area contributed by atoms with Gasteiger partial charge in [-0.3, -0.25) is 0 Å². The summed E-state index contributed by atoms with van der Waals surface area (Å²) < 4.78 is 5.69. The van der Waals surface area contributed by atoms with E-state index in [2.05, 4.69) is 0 Å². The Morgan fingerprint density at radius 3 is 2.56 bits per heavy atom. The van der Waals surface area contributed by atoms with Crippen molar-refractivity contribution in [3.63, 3.8) is 0 Å². The van der Waals surface area contributed by atoms with Gasteiger partial charge in [-0.2, -0.15) is 0 Å². The minimum atomic E-state index is -1.03. The molecule has 0 unspecified atom stereocenters. The maximum atomic E-state index is 10.8. The molecule has 0 radical (unpaired) electrons. The van der Waals surface area contributed by atoms with E-state index in [0.717, 1.165) is 6.42 Å². The lowest BCUT2D eigenvalue weighted by Crippen LogP contribution is -2.26. The smallest absolute Gasteiger partial charge is 0.337 e. The molecule has 16 heavy (non-hydrogen) atoms. The number of carbonyl (C=O) groups is 1. The third-order valence-corrected chi connectivity index (χ3v) is 2.50. The monoisotopic (exact) mass is 223 g/mol. The molecule has 0 amide bonds. The van der Waals surface area contributed by atoms with Gasteiger partial charge in [0.15, 0.2) is 0 Å². The molecule has 3 N–H and O–H groups in total. The van der Waals surface area contributed by atoms with Gasteiger partial charge in [-0.15, -0.1) is 0 Å². The highest BCUT2D eigenvalue weighted by molar-refractivity contribution is 5.93. The first-order chi connectivity index (χ1) is 7.35. The van der Waals surface area contributed by atoms with E-state index in [1.54, 1.807) is 12.1 Å². The van der Waals surface area contributed by atoms with Crippen molar-refractivity contribution >= 4 is 11.7 Å². The summed E-state index contributed by atoms with van der Waals surface area (Å²) in [5.74, 6) is -0.437. The van der Waals surface area contributed by atoms with Gasteiger partial charge < -0.3 is 15.6 Å². The lowest BCUT2D eigenvalue weighted by atomic mass is 10.1. The summed E-state index contributed by atoms with van der Waals surface area (Å²) in [7, 11) is 0. The molecule has 4 nitrogen and oxygen atoms in total. The van der Waals surface area contributed by atoms with Gasteiger partial charge in [-0.25, -0.2) is 4.79 Å². The molecule has 0 aliphatic carbocycles. The van der Waals surface area contributed by atoms with Gasteiger partial charge in [0, 0.05) is 11.8 Å². The summed E-state index contributed by atoms with van der Waals surface area (Å²) in [5.41, 5.74) is 5.66. The maximum Gasteiger partial charge on any atom is 0.337 e. The molecule has 1 aromatic rings. The largest absolute Gasteiger partial charge is 0.488 e. The number of anilines is 1. The molecule has 0 aliphatic rings. The highest BCUT2D eigenvalue weighted by Gasteiger charge is 2.17. The zero-order valence-corrected chi connectivity index (χ0v) is 9.78. The SMILES string of the molecule is CCC(C)(C)Oc1ccc(C(=O)O)c(N)c1. The summed E-state index contributed by atoms with van der Waals surface area (Å²) in [6.07, 6.45) is 0.855. The van der Waals surface area contributed by atoms with Crippen LogP contribution in [-0.2, 0) is 0 Å². The third-order valence-electron chi connectivity index (χ3n) is 2.50. The summed E-state index contributed by atoms with van der Waals surface area (Å²) in [6.45, 7) is 5.96. The summed E-state index contributed by atoms with van der Waals surface area (Å²) in [4.78, 5) is 10.8. The zero-order chi connectivity index (χ0) is 12.3. The van der Waals surface area contributed by atoms with Gasteiger partial charge in [0.1, 0.15) is 11.4 Å². The quantitative estimate of drug-likeness (QED) is 0.769. The third kappa shape index (κ3) is 2.89. The Bertz CT molecular complexity index is 399. The van der Waals surface area contributed by atoms with Gasteiger partial charge in [0.2, 0.25) is 0 Å². The van der Waals surface area contributed by atoms with Crippen molar-refractivity contribution in [3.8, 4) is 5.75 Å². The second-order valence-electron chi connectivity index (χ2n) is 4.27. The van der Waals surface area contributed by atoms with E-state index in [1.807, 2.05) is 20.8 Å². The van der Waals surface area contributed by atoms with Crippen LogP contribution in [0.2, 0.25) is 0 Å². The van der Waals surface area contributed by atoms with Gasteiger partial charge in [-0.1, -0.05) is 6.92 Å². The number of carboxylic acids is 1. The average molecular weight is 223 g/mol. The van der Waals surface area contributed by atoms with Crippen LogP contribution in [0.3, 0.4) is 0 Å². The summed E-state index contributed by atoms with van der Waals surface area (Å²) >= 11 is 0. The number of aromatic carboxylic acids is 1. The Balaban J connectivity index is 2.94. The number of hydrogen-bond donors (Lipinski definition) is 2. The Labute approximate surface area is 95.0 Å². The molecule has 4 heteroatoms. The highest BCUT2D eigenvalue weighted by Crippen LogP contribution is 2.25. The number of nitrogen functional groups attached to an aromatic ring is 1. The first-order valence-electron chi connectivity index (χ1n) is 5.17. The van der Waals surface area contributed by atoms with Crippen molar-refractivity contribution in [1.29, 1.82) is 0 Å². The molecule has 0 saturated carbocycles. The highest BCUT2D eigenvalue weighted by atomic mass is 16.5. The van der Waals surface area contributed by atoms with Crippen molar-refractivity contribution in [1.82, 2.24) is 0 Å². The predicted molar refractivity (Wildman–Crippen MR) is 62.8 cm³/mol. The Morgan fingerprint density at radius 2 is 2.12 bits per heavy atom. The van der Waals surface area contributed by atoms with Crippen LogP contribution in [0.25, 0.3) is 0 Å². The number of rotatable bonds is 4. The van der Waals surface area contributed by atoms with Crippen molar-refractivity contribution in [3.05, 3.63) is 23.8 Å². The first-order valence-corrected chi connectivity index (χ1v) is 5.17. The zero-order valence-electron chi connectivity index (χ0n) is 9.78. The molecule has 1 aromatic carbocycles. The summed E-state index contributed by atoms with van der Waals surface area (Å²) in [6, 6.07) is 4.62. The number of hydrogen-bond acceptors (Lipinski definition) is 3. The predicted octanol–water partition coefficient (Wildman–Crippen LogP) is 2.53. The second kappa shape index (κ2) is 4.43. The van der Waals surface area contributed by atoms with E-state index in [4.69, 9.17) is 15.6 Å². The average Bonchev–Trinajstić information content (AvgIpc) is 2.16. The van der Waals surface area contributed by atoms with E-state index >= 15 is 0 Å². The Hall–Kier alpha value is -1.71. The van der Waals surface area contributed by atoms with E-state index in [9.17, 15) is 4.79 Å². The number of nitrogens with two attached hydrogens (primary N) is 1. The van der Waals surface area contributed by atoms with E-state index < -0.39 is 5.97 Å². The summed E-state index contributed by atoms with van der Waals surface area (Å²) in [5, 5.41) is 8.81. The molecule has 0 aromatic heterocycles. The van der Waals surface area contributed by atoms with Crippen LogP contribution in [0.1, 0.15) is 37.6 Å². The second-order valence-corrected chi connectivity index (χ2v) is 4.27. The fourth-order valence-corrected chi connectivity index (χ4v) is 1.19. The van der Waals surface area contributed by atoms with E-state index in [1.165, 1.54) is 6.07 Å². The minimum Gasteiger partial charge on any atom is -0.488 e. The van der Waals surface area contributed by atoms with Crippen LogP contribution in [0.15, 0.2) is 18.2 Å². The van der Waals surface area contributed by atoms with Gasteiger partial charge in [0.25, 0.3) is 0 Å². The fourth-order valence-electron chi connectivity index (χ4n) is 1.19. The minimum absolute atomic E-state index is 0.0988. The van der Waals surface area contributed by atoms with Crippen LogP contribution in [0.4, 0.5) is 5.69 Å². The van der Waals surface area contributed by atoms with Crippen LogP contribution in [-0.4, -0.2) is 16.7 Å². The number of ether oxygens (including phenoxy) is 1. The van der Waals surface area contributed by atoms with Crippen molar-refractivity contribution in [2.45, 2.75) is 32.8 Å². The normalized spacial score (nSPS) is 11.2. The fraction of sp³-hybridized carbons (Fsp3) is 0.417. The number of carboxylic acid groups (broad SMARTS) is 1. The molecule has 0 saturated heterocycles. The van der Waals surface area contributed by atoms with E-state index in [-0.39, 0.29) is 16.9 Å². The molecule has 0 heterocycles. The van der Waals surface area contributed by atoms with Gasteiger partial charge >= 0.3 is 5.97 Å². The molecule has 0 atom stereocenters. The molecular formula is C12H17NO3. The van der Waals surface area contributed by atoms with Crippen LogP contribution in [0.5, 0.6) is 5.75 Å². The maximum absolute atomic E-state index is 10.8. The molecule has 88 valence electrons. The lowest BCUT2D eigenvalue weighted by molar-refractivity contribution is 0.0698. The van der Waals surface area contributed by atoms with Gasteiger partial charge in [0.05, 0.1) is 5.56 Å². The molecule has 0 spiro atoms. The van der Waals surface area contributed by atoms with Gasteiger partial charge in [-0.05, 0) is 32.4 Å². The lowest BCUT2D eigenvalue weighted by Gasteiger charge is -2.25. The first kappa shape index (κ1) is 12.4.